The number of anilines is 1. The fourth-order valence-electron chi connectivity index (χ4n) is 2.42. The molecule has 0 radical (unpaired) electrons. The standard InChI is InChI=1S/C16H13FN2O2/c17-14-6-11(5-13(7-14)16(20)21)9-19-10-18-8-12-3-1-2-4-15(12)19/h1-8H,9-10H2,(H,20,21). The van der Waals surface area contributed by atoms with E-state index >= 15 is 0 Å². The number of nitrogens with zero attached hydrogens (tertiary/aromatic N) is 2. The van der Waals surface area contributed by atoms with Gasteiger partial charge in [-0.25, -0.2) is 9.18 Å². The van der Waals surface area contributed by atoms with Gasteiger partial charge in [0.25, 0.3) is 0 Å². The third-order valence-corrected chi connectivity index (χ3v) is 3.34. The van der Waals surface area contributed by atoms with Gasteiger partial charge in [0.05, 0.1) is 5.56 Å². The van der Waals surface area contributed by atoms with Crippen molar-refractivity contribution < 1.29 is 14.3 Å². The number of fused-ring (bicyclic) bond motifs is 1. The molecule has 1 N–H and O–H groups in total. The molecule has 0 saturated carbocycles. The number of aromatic carboxylic acids is 1. The molecule has 2 aromatic rings. The second-order valence-electron chi connectivity index (χ2n) is 4.86. The Morgan fingerprint density at radius 1 is 1.29 bits per heavy atom. The number of carboxylic acid groups (broad SMARTS) is 1. The molecule has 4 nitrogen and oxygen atoms in total. The molecular weight excluding hydrogens is 271 g/mol. The van der Waals surface area contributed by atoms with Crippen molar-refractivity contribution in [3.8, 4) is 0 Å². The van der Waals surface area contributed by atoms with Crippen molar-refractivity contribution in [2.45, 2.75) is 6.54 Å². The van der Waals surface area contributed by atoms with Gasteiger partial charge in [0, 0.05) is 24.0 Å². The monoisotopic (exact) mass is 284 g/mol. The molecule has 1 aliphatic heterocycles. The normalized spacial score (nSPS) is 13.1. The van der Waals surface area contributed by atoms with Crippen molar-refractivity contribution in [3.63, 3.8) is 0 Å². The molecule has 106 valence electrons. The van der Waals surface area contributed by atoms with E-state index in [2.05, 4.69) is 4.99 Å². The van der Waals surface area contributed by atoms with Gasteiger partial charge in [-0.3, -0.25) is 4.99 Å². The first kappa shape index (κ1) is 13.3. The number of hydrogen-bond acceptors (Lipinski definition) is 3. The maximum Gasteiger partial charge on any atom is 0.335 e. The summed E-state index contributed by atoms with van der Waals surface area (Å²) in [6.07, 6.45) is 1.81. The van der Waals surface area contributed by atoms with Crippen LogP contribution in [0.15, 0.2) is 47.5 Å². The molecule has 3 rings (SSSR count). The largest absolute Gasteiger partial charge is 0.478 e. The van der Waals surface area contributed by atoms with Gasteiger partial charge < -0.3 is 10.0 Å². The SMILES string of the molecule is O=C(O)c1cc(F)cc(CN2CN=Cc3ccccc32)c1. The predicted molar refractivity (Wildman–Crippen MR) is 78.4 cm³/mol. The molecule has 1 aliphatic rings. The average Bonchev–Trinajstić information content (AvgIpc) is 2.47. The summed E-state index contributed by atoms with van der Waals surface area (Å²) in [7, 11) is 0. The van der Waals surface area contributed by atoms with Gasteiger partial charge in [-0.05, 0) is 29.8 Å². The summed E-state index contributed by atoms with van der Waals surface area (Å²) in [6.45, 7) is 0.877. The van der Waals surface area contributed by atoms with Crippen LogP contribution in [0.1, 0.15) is 21.5 Å². The maximum atomic E-state index is 13.5. The number of carboxylic acids is 1. The lowest BCUT2D eigenvalue weighted by molar-refractivity contribution is 0.0696. The number of halogens is 1. The Kier molecular flexibility index (Phi) is 3.39. The van der Waals surface area contributed by atoms with Crippen LogP contribution in [0.5, 0.6) is 0 Å². The molecule has 0 fully saturated rings. The first-order chi connectivity index (χ1) is 10.1. The Morgan fingerprint density at radius 3 is 2.90 bits per heavy atom. The molecule has 2 aromatic carbocycles. The molecule has 5 heteroatoms. The van der Waals surface area contributed by atoms with E-state index in [1.165, 1.54) is 12.1 Å². The van der Waals surface area contributed by atoms with Gasteiger partial charge in [0.1, 0.15) is 12.5 Å². The zero-order valence-corrected chi connectivity index (χ0v) is 11.2. The van der Waals surface area contributed by atoms with Gasteiger partial charge in [-0.15, -0.1) is 0 Å². The van der Waals surface area contributed by atoms with E-state index in [4.69, 9.17) is 5.11 Å². The Balaban J connectivity index is 1.91. The van der Waals surface area contributed by atoms with E-state index in [0.717, 1.165) is 17.3 Å². The summed E-state index contributed by atoms with van der Waals surface area (Å²) in [5.74, 6) is -1.67. The summed E-state index contributed by atoms with van der Waals surface area (Å²) in [5, 5.41) is 8.99. The van der Waals surface area contributed by atoms with Crippen molar-refractivity contribution in [3.05, 3.63) is 65.0 Å². The van der Waals surface area contributed by atoms with Gasteiger partial charge >= 0.3 is 5.97 Å². The van der Waals surface area contributed by atoms with Gasteiger partial charge in [0.2, 0.25) is 0 Å². The van der Waals surface area contributed by atoms with Crippen molar-refractivity contribution in [2.24, 2.45) is 4.99 Å². The minimum Gasteiger partial charge on any atom is -0.478 e. The summed E-state index contributed by atoms with van der Waals surface area (Å²) in [5.41, 5.74) is 2.57. The van der Waals surface area contributed by atoms with Crippen molar-refractivity contribution >= 4 is 17.9 Å². The fourth-order valence-corrected chi connectivity index (χ4v) is 2.42. The first-order valence-electron chi connectivity index (χ1n) is 6.50. The summed E-state index contributed by atoms with van der Waals surface area (Å²) in [4.78, 5) is 17.2. The first-order valence-corrected chi connectivity index (χ1v) is 6.50. The van der Waals surface area contributed by atoms with Crippen LogP contribution in [-0.2, 0) is 6.54 Å². The van der Waals surface area contributed by atoms with Gasteiger partial charge in [0.15, 0.2) is 0 Å². The van der Waals surface area contributed by atoms with E-state index in [0.29, 0.717) is 18.8 Å². The average molecular weight is 284 g/mol. The van der Waals surface area contributed by atoms with Crippen molar-refractivity contribution in [1.29, 1.82) is 0 Å². The third-order valence-electron chi connectivity index (χ3n) is 3.34. The van der Waals surface area contributed by atoms with Gasteiger partial charge in [-0.1, -0.05) is 18.2 Å². The van der Waals surface area contributed by atoms with Crippen LogP contribution in [0.2, 0.25) is 0 Å². The summed E-state index contributed by atoms with van der Waals surface area (Å²) < 4.78 is 13.5. The van der Waals surface area contributed by atoms with Crippen molar-refractivity contribution in [1.82, 2.24) is 0 Å². The minimum absolute atomic E-state index is 0.0428. The molecule has 0 aliphatic carbocycles. The second kappa shape index (κ2) is 5.36. The third kappa shape index (κ3) is 2.76. The zero-order chi connectivity index (χ0) is 14.8. The van der Waals surface area contributed by atoms with Gasteiger partial charge in [-0.2, -0.15) is 0 Å². The fraction of sp³-hybridized carbons (Fsp3) is 0.125. The van der Waals surface area contributed by atoms with E-state index in [1.54, 1.807) is 6.21 Å². The van der Waals surface area contributed by atoms with Crippen LogP contribution >= 0.6 is 0 Å². The number of carbonyl (C=O) groups is 1. The molecule has 0 spiro atoms. The number of aliphatic imine (C=N–C) groups is 1. The second-order valence-corrected chi connectivity index (χ2v) is 4.86. The quantitative estimate of drug-likeness (QED) is 0.942. The highest BCUT2D eigenvalue weighted by Gasteiger charge is 2.15. The van der Waals surface area contributed by atoms with Crippen molar-refractivity contribution in [2.75, 3.05) is 11.6 Å². The molecule has 0 aromatic heterocycles. The minimum atomic E-state index is -1.13. The Morgan fingerprint density at radius 2 is 2.10 bits per heavy atom. The predicted octanol–water partition coefficient (Wildman–Crippen LogP) is 2.92. The Labute approximate surface area is 121 Å². The molecule has 0 amide bonds. The summed E-state index contributed by atoms with van der Waals surface area (Å²) >= 11 is 0. The van der Waals surface area contributed by atoms with E-state index in [-0.39, 0.29) is 5.56 Å². The number of para-hydroxylation sites is 1. The van der Waals surface area contributed by atoms with E-state index in [9.17, 15) is 9.18 Å². The molecular formula is C16H13FN2O2. The molecule has 0 atom stereocenters. The van der Waals surface area contributed by atoms with Crippen LogP contribution in [0, 0.1) is 5.82 Å². The molecule has 0 unspecified atom stereocenters. The number of hydrogen-bond donors (Lipinski definition) is 1. The lowest BCUT2D eigenvalue weighted by Gasteiger charge is -2.27. The smallest absolute Gasteiger partial charge is 0.335 e. The lowest BCUT2D eigenvalue weighted by Crippen LogP contribution is -2.26. The number of benzene rings is 2. The van der Waals surface area contributed by atoms with Crippen LogP contribution in [0.4, 0.5) is 10.1 Å². The molecule has 21 heavy (non-hydrogen) atoms. The Hall–Kier alpha value is -2.69. The zero-order valence-electron chi connectivity index (χ0n) is 11.2. The topological polar surface area (TPSA) is 52.9 Å². The van der Waals surface area contributed by atoms with Crippen LogP contribution in [0.3, 0.4) is 0 Å². The molecule has 0 bridgehead atoms. The maximum absolute atomic E-state index is 13.5. The highest BCUT2D eigenvalue weighted by Crippen LogP contribution is 2.24. The highest BCUT2D eigenvalue weighted by molar-refractivity contribution is 5.90. The Bertz CT molecular complexity index is 728. The number of rotatable bonds is 3. The highest BCUT2D eigenvalue weighted by atomic mass is 19.1. The van der Waals surface area contributed by atoms with E-state index < -0.39 is 11.8 Å². The lowest BCUT2D eigenvalue weighted by atomic mass is 10.1. The van der Waals surface area contributed by atoms with Crippen LogP contribution in [-0.4, -0.2) is 24.0 Å². The summed E-state index contributed by atoms with van der Waals surface area (Å²) in [6, 6.07) is 11.7. The molecule has 0 saturated heterocycles. The molecule has 1 heterocycles. The van der Waals surface area contributed by atoms with Crippen LogP contribution < -0.4 is 4.90 Å². The van der Waals surface area contributed by atoms with E-state index in [1.807, 2.05) is 29.2 Å². The van der Waals surface area contributed by atoms with Crippen LogP contribution in [0.25, 0.3) is 0 Å².